The average molecular weight is 1500 g/mol. The molecule has 89 heavy (non-hydrogen) atoms. The summed E-state index contributed by atoms with van der Waals surface area (Å²) in [4.78, 5) is 52.7. The molecule has 0 atom stereocenters. The molecule has 15 nitrogen and oxygen atoms in total. The molecule has 9 aromatic heterocycles. The summed E-state index contributed by atoms with van der Waals surface area (Å²) in [5.74, 6) is 0.804. The molecule has 2 aromatic carbocycles. The van der Waals surface area contributed by atoms with Crippen LogP contribution in [0.5, 0.6) is 0 Å². The van der Waals surface area contributed by atoms with E-state index in [1.165, 1.54) is 53.4 Å². The standard InChI is InChI=1S/C18H18ClN3S.C17H15Cl2N3S.C11H9ClN2O2S.C9H5ClN2OS.C7H7O2S.BrH.Zn/c1-13-21-11-9-17(22-13)18-7-6-16(23-18)12-20-10-8-14-2-4-15(19)5-3-14;18-13-3-1-12(2-4-13)7-9-20-11-14-5-6-16(23-14)15-8-10-21-17(19)22-15;12-11-13-4-3-7(14-11)8-1-2-9(17-8)10-15-5-6-16-10;10-9-11-4-3-7(12-9)8-2-1-6(5-13)14-8;1-2-6(10-5-1)7-8-3-4-9-7;;/h2-7,9,11,20H,8,10,12H2,1H3;1-6,8,10,20H,7,9,11H2;1-4,10H,5-6H2;1-5H;1-2,7H,3-4H2;1H;/q;;;;-1;;+2/p-1. The van der Waals surface area contributed by atoms with E-state index in [1.54, 1.807) is 82.3 Å². The number of hydrogen-bond acceptors (Lipinski definition) is 20. The summed E-state index contributed by atoms with van der Waals surface area (Å²) in [5.41, 5.74) is 5.99. The summed E-state index contributed by atoms with van der Waals surface area (Å²) in [6.07, 6.45) is 9.17. The van der Waals surface area contributed by atoms with E-state index in [0.29, 0.717) is 31.3 Å². The molecule has 0 radical (unpaired) electrons. The van der Waals surface area contributed by atoms with Crippen molar-refractivity contribution in [3.05, 3.63) is 231 Å². The molecule has 0 spiro atoms. The number of hydrogen-bond donors (Lipinski definition) is 2. The molecular formula is C62H54BrCl5N10O5S5Zn. The fraction of sp³-hybridized carbons (Fsp3) is 0.210. The van der Waals surface area contributed by atoms with Crippen LogP contribution in [0.25, 0.3) is 42.3 Å². The van der Waals surface area contributed by atoms with Crippen LogP contribution in [0.4, 0.5) is 0 Å². The number of thiophene rings is 5. The maximum absolute atomic E-state index is 10.5. The Balaban J connectivity index is 0.000000146. The third kappa shape index (κ3) is 23.7. The largest absolute Gasteiger partial charge is 0.357 e. The fourth-order valence-electron chi connectivity index (χ4n) is 8.02. The molecular weight excluding hydrogens is 1450 g/mol. The van der Waals surface area contributed by atoms with Crippen LogP contribution in [0, 0.1) is 12.3 Å². The van der Waals surface area contributed by atoms with Crippen molar-refractivity contribution in [3.8, 4) is 42.3 Å². The Morgan fingerprint density at radius 1 is 0.506 bits per heavy atom. The molecule has 13 rings (SSSR count). The molecule has 2 N–H and O–H groups in total. The van der Waals surface area contributed by atoms with E-state index in [-0.39, 0.29) is 28.4 Å². The van der Waals surface area contributed by atoms with Gasteiger partial charge in [-0.25, -0.2) is 39.9 Å². The molecule has 0 unspecified atom stereocenters. The summed E-state index contributed by atoms with van der Waals surface area (Å²) >= 11 is 41.3. The third-order valence-electron chi connectivity index (χ3n) is 12.2. The van der Waals surface area contributed by atoms with Gasteiger partial charge in [-0.15, -0.1) is 50.7 Å². The number of ether oxygens (including phenoxy) is 4. The molecule has 27 heteroatoms. The fourth-order valence-corrected chi connectivity index (χ4v) is 13.0. The summed E-state index contributed by atoms with van der Waals surface area (Å²) in [6.45, 7) is 8.23. The zero-order valence-corrected chi connectivity index (χ0v) is 59.9. The Kier molecular flexibility index (Phi) is 30.2. The van der Waals surface area contributed by atoms with Crippen molar-refractivity contribution in [2.24, 2.45) is 0 Å². The topological polar surface area (TPSA) is 181 Å². The SMILES string of the molecule is Cc1nccc(-c2ccc(CNCCc3ccc(Cl)cc3)s2)n1.Clc1ccc(CCNCc2ccc(-c3ccnc(Cl)n3)s2)cc1.Clc1nccc(-c2ccc(C3OCCO3)s2)n1.O=Cc1ccc(-c2ccnc(Cl)n2)s1.[Zn+][Br].[c-]1ccc(C2OCCO2)s1. The second kappa shape index (κ2) is 38.3. The quantitative estimate of drug-likeness (QED) is 0.0289. The van der Waals surface area contributed by atoms with Crippen molar-refractivity contribution in [1.82, 2.24) is 50.5 Å². The number of rotatable bonds is 17. The Labute approximate surface area is 577 Å². The van der Waals surface area contributed by atoms with Gasteiger partial charge in [-0.2, -0.15) is 12.1 Å². The van der Waals surface area contributed by atoms with Gasteiger partial charge in [-0.3, -0.25) is 16.1 Å². The predicted molar refractivity (Wildman–Crippen MR) is 362 cm³/mol. The first-order valence-corrected chi connectivity index (χ1v) is 40.1. The van der Waals surface area contributed by atoms with Crippen LogP contribution in [0.3, 0.4) is 0 Å². The maximum Gasteiger partial charge on any atom is 0.137 e. The summed E-state index contributed by atoms with van der Waals surface area (Å²) in [7, 11) is 0. The predicted octanol–water partition coefficient (Wildman–Crippen LogP) is 17.4. The molecule has 2 saturated heterocycles. The van der Waals surface area contributed by atoms with E-state index in [2.05, 4.69) is 118 Å². The number of carbonyl (C=O) groups is 1. The van der Waals surface area contributed by atoms with Crippen LogP contribution in [0.1, 0.15) is 58.7 Å². The molecule has 11 aromatic rings. The zero-order valence-electron chi connectivity index (χ0n) is 47.4. The van der Waals surface area contributed by atoms with Crippen molar-refractivity contribution < 1.29 is 40.1 Å². The van der Waals surface area contributed by atoms with Crippen LogP contribution < -0.4 is 10.6 Å². The van der Waals surface area contributed by atoms with Crippen molar-refractivity contribution in [2.75, 3.05) is 39.5 Å². The van der Waals surface area contributed by atoms with Gasteiger partial charge in [-0.05, 0) is 176 Å². The van der Waals surface area contributed by atoms with E-state index in [1.807, 2.05) is 79.7 Å². The van der Waals surface area contributed by atoms with Crippen LogP contribution in [0.2, 0.25) is 25.9 Å². The summed E-state index contributed by atoms with van der Waals surface area (Å²) < 4.78 is 21.4. The van der Waals surface area contributed by atoms with Gasteiger partial charge in [0.2, 0.25) is 15.9 Å². The van der Waals surface area contributed by atoms with E-state index >= 15 is 0 Å². The number of halogens is 6. The molecule has 11 heterocycles. The van der Waals surface area contributed by atoms with Gasteiger partial charge in [-0.1, -0.05) is 52.3 Å². The number of benzene rings is 2. The molecule has 0 bridgehead atoms. The number of carbonyl (C=O) groups excluding carboxylic acids is 1. The first-order chi connectivity index (χ1) is 43.5. The first kappa shape index (κ1) is 70.1. The smallest absolute Gasteiger partial charge is 0.137 e. The molecule has 2 aliphatic heterocycles. The molecule has 2 fully saturated rings. The second-order valence-corrected chi connectivity index (χ2v) is 25.8. The molecule has 0 saturated carbocycles. The number of nitrogens with zero attached hydrogens (tertiary/aromatic N) is 8. The Bertz CT molecular complexity index is 3730. The Hall–Kier alpha value is -4.76. The zero-order chi connectivity index (χ0) is 62.6. The summed E-state index contributed by atoms with van der Waals surface area (Å²) in [6, 6.07) is 43.3. The monoisotopic (exact) mass is 1500 g/mol. The third-order valence-corrected chi connectivity index (χ3v) is 18.4. The summed E-state index contributed by atoms with van der Waals surface area (Å²) in [5, 5.41) is 12.2. The van der Waals surface area contributed by atoms with Crippen molar-refractivity contribution in [1.29, 1.82) is 0 Å². The van der Waals surface area contributed by atoms with E-state index in [4.69, 9.17) is 77.0 Å². The minimum absolute atomic E-state index is 0.115. The van der Waals surface area contributed by atoms with Gasteiger partial charge in [0, 0.05) is 57.7 Å². The first-order valence-electron chi connectivity index (χ1n) is 27.2. The van der Waals surface area contributed by atoms with Gasteiger partial charge >= 0.3 is 30.0 Å². The van der Waals surface area contributed by atoms with Gasteiger partial charge in [0.1, 0.15) is 12.1 Å². The normalized spacial score (nSPS) is 12.7. The van der Waals surface area contributed by atoms with Gasteiger partial charge < -0.3 is 29.6 Å². The van der Waals surface area contributed by atoms with E-state index in [9.17, 15) is 4.79 Å². The molecule has 0 amide bonds. The van der Waals surface area contributed by atoms with Gasteiger partial charge in [0.15, 0.2) is 12.6 Å². The minimum atomic E-state index is -0.231. The maximum atomic E-state index is 10.5. The minimum Gasteiger partial charge on any atom is -0.357 e. The van der Waals surface area contributed by atoms with Crippen molar-refractivity contribution >= 4 is 135 Å². The average Bonchev–Trinajstić information content (AvgIpc) is 4.30. The Morgan fingerprint density at radius 2 is 0.921 bits per heavy atom. The van der Waals surface area contributed by atoms with Gasteiger partial charge in [0.25, 0.3) is 0 Å². The van der Waals surface area contributed by atoms with Crippen LogP contribution in [-0.2, 0) is 61.2 Å². The van der Waals surface area contributed by atoms with Crippen LogP contribution in [-0.4, -0.2) is 85.7 Å². The Morgan fingerprint density at radius 3 is 1.35 bits per heavy atom. The molecule has 0 aliphatic carbocycles. The molecule has 2 aliphatic rings. The van der Waals surface area contributed by atoms with E-state index in [0.717, 1.165) is 108 Å². The van der Waals surface area contributed by atoms with Crippen LogP contribution >= 0.6 is 128 Å². The van der Waals surface area contributed by atoms with Crippen LogP contribution in [0.15, 0.2) is 158 Å². The van der Waals surface area contributed by atoms with Crippen molar-refractivity contribution in [3.63, 3.8) is 0 Å². The number of aromatic nitrogens is 8. The molecule has 456 valence electrons. The number of aldehydes is 1. The second-order valence-electron chi connectivity index (χ2n) is 18.4. The van der Waals surface area contributed by atoms with Gasteiger partial charge in [0.05, 0.1) is 78.5 Å². The van der Waals surface area contributed by atoms with E-state index < -0.39 is 0 Å². The van der Waals surface area contributed by atoms with Crippen molar-refractivity contribution in [2.45, 2.75) is 45.4 Å². The number of nitrogens with one attached hydrogen (secondary N) is 2. The number of aryl methyl sites for hydroxylation is 1.